The van der Waals surface area contributed by atoms with Crippen molar-refractivity contribution in [1.82, 2.24) is 9.88 Å². The van der Waals surface area contributed by atoms with Crippen LogP contribution < -0.4 is 4.72 Å². The molecule has 0 bridgehead atoms. The van der Waals surface area contributed by atoms with Gasteiger partial charge >= 0.3 is 0 Å². The molecule has 1 aromatic heterocycles. The maximum Gasteiger partial charge on any atom is 0.242 e. The van der Waals surface area contributed by atoms with Crippen molar-refractivity contribution in [2.75, 3.05) is 0 Å². The van der Waals surface area contributed by atoms with Gasteiger partial charge in [-0.2, -0.15) is 0 Å². The van der Waals surface area contributed by atoms with Crippen molar-refractivity contribution in [1.29, 1.82) is 0 Å². The van der Waals surface area contributed by atoms with E-state index in [0.717, 1.165) is 0 Å². The second-order valence-corrected chi connectivity index (χ2v) is 5.83. The molecule has 7 heteroatoms. The number of sulfonamides is 1. The standard InChI is InChI=1S/C11H11ClN2O3S/c1-8-6-9(14-17-8)7-13-18(15,16)11-5-3-2-4-10(11)12/h2-6,13H,7H2,1H3. The molecule has 0 aliphatic carbocycles. The Bertz CT molecular complexity index is 652. The summed E-state index contributed by atoms with van der Waals surface area (Å²) in [5, 5.41) is 3.88. The van der Waals surface area contributed by atoms with Crippen LogP contribution in [0.2, 0.25) is 5.02 Å². The van der Waals surface area contributed by atoms with Crippen molar-refractivity contribution in [2.45, 2.75) is 18.4 Å². The molecule has 5 nitrogen and oxygen atoms in total. The Balaban J connectivity index is 2.16. The summed E-state index contributed by atoms with van der Waals surface area (Å²) in [5.74, 6) is 0.627. The lowest BCUT2D eigenvalue weighted by molar-refractivity contribution is 0.390. The SMILES string of the molecule is Cc1cc(CNS(=O)(=O)c2ccccc2Cl)no1. The quantitative estimate of drug-likeness (QED) is 0.934. The molecule has 2 rings (SSSR count). The molecular weight excluding hydrogens is 276 g/mol. The minimum Gasteiger partial charge on any atom is -0.361 e. The lowest BCUT2D eigenvalue weighted by Gasteiger charge is -2.06. The summed E-state index contributed by atoms with van der Waals surface area (Å²) < 4.78 is 31.2. The van der Waals surface area contributed by atoms with Crippen molar-refractivity contribution >= 4 is 21.6 Å². The third kappa shape index (κ3) is 2.90. The van der Waals surface area contributed by atoms with Crippen LogP contribution in [0.4, 0.5) is 0 Å². The average Bonchev–Trinajstić information content (AvgIpc) is 2.73. The summed E-state index contributed by atoms with van der Waals surface area (Å²) >= 11 is 5.84. The van der Waals surface area contributed by atoms with Crippen molar-refractivity contribution in [2.24, 2.45) is 0 Å². The maximum absolute atomic E-state index is 12.0. The number of hydrogen-bond donors (Lipinski definition) is 1. The molecule has 0 spiro atoms. The molecule has 18 heavy (non-hydrogen) atoms. The molecule has 1 heterocycles. The first kappa shape index (κ1) is 13.1. The normalized spacial score (nSPS) is 11.7. The van der Waals surface area contributed by atoms with Crippen LogP contribution in [0.1, 0.15) is 11.5 Å². The van der Waals surface area contributed by atoms with E-state index in [1.807, 2.05) is 0 Å². The average molecular weight is 287 g/mol. The Morgan fingerprint density at radius 2 is 2.11 bits per heavy atom. The number of rotatable bonds is 4. The number of aryl methyl sites for hydroxylation is 1. The monoisotopic (exact) mass is 286 g/mol. The number of aromatic nitrogens is 1. The summed E-state index contributed by atoms with van der Waals surface area (Å²) in [4.78, 5) is 0.0480. The third-order valence-corrected chi connectivity index (χ3v) is 4.15. The number of hydrogen-bond acceptors (Lipinski definition) is 4. The molecular formula is C11H11ClN2O3S. The Morgan fingerprint density at radius 1 is 1.39 bits per heavy atom. The van der Waals surface area contributed by atoms with Crippen LogP contribution in [0.5, 0.6) is 0 Å². The van der Waals surface area contributed by atoms with Crippen LogP contribution in [-0.2, 0) is 16.6 Å². The molecule has 96 valence electrons. The summed E-state index contributed by atoms with van der Waals surface area (Å²) in [5.41, 5.74) is 0.517. The van der Waals surface area contributed by atoms with Gasteiger partial charge in [-0.15, -0.1) is 0 Å². The van der Waals surface area contributed by atoms with Gasteiger partial charge in [0.15, 0.2) is 0 Å². The smallest absolute Gasteiger partial charge is 0.242 e. The molecule has 0 atom stereocenters. The van der Waals surface area contributed by atoms with Gasteiger partial charge in [0.1, 0.15) is 10.7 Å². The molecule has 0 unspecified atom stereocenters. The van der Waals surface area contributed by atoms with E-state index in [4.69, 9.17) is 16.1 Å². The Hall–Kier alpha value is -1.37. The predicted octanol–water partition coefficient (Wildman–Crippen LogP) is 2.11. The zero-order chi connectivity index (χ0) is 13.2. The van der Waals surface area contributed by atoms with E-state index >= 15 is 0 Å². The molecule has 2 aromatic rings. The second-order valence-electron chi connectivity index (χ2n) is 3.68. The van der Waals surface area contributed by atoms with E-state index in [2.05, 4.69) is 9.88 Å². The molecule has 0 aliphatic heterocycles. The van der Waals surface area contributed by atoms with Gasteiger partial charge in [-0.3, -0.25) is 0 Å². The molecule has 0 saturated heterocycles. The zero-order valence-electron chi connectivity index (χ0n) is 9.55. The molecule has 0 aliphatic rings. The largest absolute Gasteiger partial charge is 0.361 e. The van der Waals surface area contributed by atoms with Gasteiger partial charge in [-0.1, -0.05) is 28.9 Å². The number of nitrogens with one attached hydrogen (secondary N) is 1. The van der Waals surface area contributed by atoms with E-state index in [0.29, 0.717) is 11.5 Å². The fourth-order valence-corrected chi connectivity index (χ4v) is 2.93. The fourth-order valence-electron chi connectivity index (χ4n) is 1.41. The van der Waals surface area contributed by atoms with Gasteiger partial charge in [-0.25, -0.2) is 13.1 Å². The minimum absolute atomic E-state index is 0.0480. The lowest BCUT2D eigenvalue weighted by Crippen LogP contribution is -2.23. The van der Waals surface area contributed by atoms with Crippen LogP contribution in [0, 0.1) is 6.92 Å². The van der Waals surface area contributed by atoms with Crippen molar-refractivity contribution in [3.63, 3.8) is 0 Å². The Morgan fingerprint density at radius 3 is 2.72 bits per heavy atom. The van der Waals surface area contributed by atoms with E-state index in [9.17, 15) is 8.42 Å². The summed E-state index contributed by atoms with van der Waals surface area (Å²) in [6.07, 6.45) is 0. The first-order valence-corrected chi connectivity index (χ1v) is 7.01. The highest BCUT2D eigenvalue weighted by molar-refractivity contribution is 7.89. The maximum atomic E-state index is 12.0. The van der Waals surface area contributed by atoms with Crippen molar-refractivity contribution in [3.8, 4) is 0 Å². The highest BCUT2D eigenvalue weighted by Crippen LogP contribution is 2.20. The van der Waals surface area contributed by atoms with Gasteiger partial charge in [0.2, 0.25) is 10.0 Å². The van der Waals surface area contributed by atoms with Crippen LogP contribution in [0.15, 0.2) is 39.8 Å². The molecule has 0 amide bonds. The van der Waals surface area contributed by atoms with Crippen molar-refractivity contribution in [3.05, 3.63) is 46.8 Å². The highest BCUT2D eigenvalue weighted by Gasteiger charge is 2.17. The van der Waals surface area contributed by atoms with Gasteiger partial charge in [-0.05, 0) is 19.1 Å². The molecule has 1 aromatic carbocycles. The first-order chi connectivity index (χ1) is 8.49. The minimum atomic E-state index is -3.64. The first-order valence-electron chi connectivity index (χ1n) is 5.15. The topological polar surface area (TPSA) is 72.2 Å². The number of benzene rings is 1. The number of halogens is 1. The molecule has 1 N–H and O–H groups in total. The van der Waals surface area contributed by atoms with Crippen LogP contribution in [0.25, 0.3) is 0 Å². The second kappa shape index (κ2) is 5.09. The van der Waals surface area contributed by atoms with Gasteiger partial charge in [0.25, 0.3) is 0 Å². The summed E-state index contributed by atoms with van der Waals surface area (Å²) in [6, 6.07) is 7.91. The van der Waals surface area contributed by atoms with Crippen LogP contribution >= 0.6 is 11.6 Å². The molecule has 0 radical (unpaired) electrons. The van der Waals surface area contributed by atoms with Crippen molar-refractivity contribution < 1.29 is 12.9 Å². The summed E-state index contributed by atoms with van der Waals surface area (Å²) in [7, 11) is -3.64. The van der Waals surface area contributed by atoms with Crippen LogP contribution in [-0.4, -0.2) is 13.6 Å². The van der Waals surface area contributed by atoms with E-state index < -0.39 is 10.0 Å². The molecule has 0 saturated carbocycles. The van der Waals surface area contributed by atoms with Gasteiger partial charge < -0.3 is 4.52 Å². The Labute approximate surface area is 110 Å². The number of nitrogens with zero attached hydrogens (tertiary/aromatic N) is 1. The van der Waals surface area contributed by atoms with Crippen LogP contribution in [0.3, 0.4) is 0 Å². The van der Waals surface area contributed by atoms with E-state index in [1.54, 1.807) is 25.1 Å². The third-order valence-electron chi connectivity index (χ3n) is 2.25. The van der Waals surface area contributed by atoms with Gasteiger partial charge in [0, 0.05) is 6.07 Å². The predicted molar refractivity (Wildman–Crippen MR) is 66.7 cm³/mol. The molecule has 0 fully saturated rings. The van der Waals surface area contributed by atoms with Gasteiger partial charge in [0.05, 0.1) is 17.3 Å². The summed E-state index contributed by atoms with van der Waals surface area (Å²) in [6.45, 7) is 1.80. The lowest BCUT2D eigenvalue weighted by atomic mass is 10.4. The fraction of sp³-hybridized carbons (Fsp3) is 0.182. The zero-order valence-corrected chi connectivity index (χ0v) is 11.1. The highest BCUT2D eigenvalue weighted by atomic mass is 35.5. The van der Waals surface area contributed by atoms with E-state index in [1.165, 1.54) is 12.1 Å². The van der Waals surface area contributed by atoms with E-state index in [-0.39, 0.29) is 16.5 Å². The Kier molecular flexibility index (Phi) is 3.70.